The third-order valence-electron chi connectivity index (χ3n) is 3.65. The molecule has 2 aromatic heterocycles. The topological polar surface area (TPSA) is 46.0 Å². The van der Waals surface area contributed by atoms with E-state index in [-0.39, 0.29) is 6.04 Å². The van der Waals surface area contributed by atoms with E-state index >= 15 is 0 Å². The molecule has 5 nitrogen and oxygen atoms in total. The molecule has 0 aliphatic rings. The van der Waals surface area contributed by atoms with Gasteiger partial charge in [-0.05, 0) is 26.0 Å². The SMILES string of the molecule is CCCNC(C)c1cccnc1N(C)Cc1nccn1C. The smallest absolute Gasteiger partial charge is 0.133 e. The summed E-state index contributed by atoms with van der Waals surface area (Å²) in [5, 5.41) is 3.53. The Kier molecular flexibility index (Phi) is 5.33. The Labute approximate surface area is 127 Å². The van der Waals surface area contributed by atoms with Crippen molar-refractivity contribution in [2.45, 2.75) is 32.9 Å². The highest BCUT2D eigenvalue weighted by atomic mass is 15.2. The first-order valence-corrected chi connectivity index (χ1v) is 7.49. The van der Waals surface area contributed by atoms with Crippen LogP contribution in [0.3, 0.4) is 0 Å². The lowest BCUT2D eigenvalue weighted by Gasteiger charge is -2.24. The molecule has 1 N–H and O–H groups in total. The van der Waals surface area contributed by atoms with E-state index in [4.69, 9.17) is 0 Å². The Morgan fingerprint density at radius 3 is 2.81 bits per heavy atom. The van der Waals surface area contributed by atoms with Gasteiger partial charge >= 0.3 is 0 Å². The van der Waals surface area contributed by atoms with E-state index in [1.807, 2.05) is 36.3 Å². The summed E-state index contributed by atoms with van der Waals surface area (Å²) in [6.07, 6.45) is 6.77. The molecule has 1 unspecified atom stereocenters. The van der Waals surface area contributed by atoms with Crippen molar-refractivity contribution >= 4 is 5.82 Å². The predicted octanol–water partition coefficient (Wildman–Crippen LogP) is 2.51. The average molecular weight is 287 g/mol. The van der Waals surface area contributed by atoms with E-state index in [0.717, 1.165) is 31.2 Å². The van der Waals surface area contributed by atoms with Crippen LogP contribution in [-0.4, -0.2) is 28.1 Å². The second-order valence-corrected chi connectivity index (χ2v) is 5.40. The van der Waals surface area contributed by atoms with Gasteiger partial charge in [0.05, 0.1) is 6.54 Å². The van der Waals surface area contributed by atoms with Gasteiger partial charge in [0.1, 0.15) is 11.6 Å². The van der Waals surface area contributed by atoms with Crippen LogP contribution in [0.25, 0.3) is 0 Å². The Hall–Kier alpha value is -1.88. The maximum Gasteiger partial charge on any atom is 0.133 e. The second kappa shape index (κ2) is 7.22. The second-order valence-electron chi connectivity index (χ2n) is 5.40. The molecule has 0 bridgehead atoms. The summed E-state index contributed by atoms with van der Waals surface area (Å²) < 4.78 is 2.04. The highest BCUT2D eigenvalue weighted by Gasteiger charge is 2.15. The highest BCUT2D eigenvalue weighted by molar-refractivity contribution is 5.47. The van der Waals surface area contributed by atoms with Crippen LogP contribution in [0.2, 0.25) is 0 Å². The first-order chi connectivity index (χ1) is 10.1. The number of rotatable bonds is 7. The number of nitrogens with zero attached hydrogens (tertiary/aromatic N) is 4. The molecular weight excluding hydrogens is 262 g/mol. The van der Waals surface area contributed by atoms with Crippen LogP contribution in [0.15, 0.2) is 30.7 Å². The van der Waals surface area contributed by atoms with Gasteiger partial charge in [0, 0.05) is 44.3 Å². The molecular formula is C16H25N5. The monoisotopic (exact) mass is 287 g/mol. The van der Waals surface area contributed by atoms with E-state index in [2.05, 4.69) is 47.1 Å². The minimum Gasteiger partial charge on any atom is -0.352 e. The van der Waals surface area contributed by atoms with Crippen LogP contribution < -0.4 is 10.2 Å². The van der Waals surface area contributed by atoms with Gasteiger partial charge in [-0.15, -0.1) is 0 Å². The molecule has 2 heterocycles. The van der Waals surface area contributed by atoms with Gasteiger partial charge in [-0.1, -0.05) is 13.0 Å². The van der Waals surface area contributed by atoms with Crippen molar-refractivity contribution in [1.82, 2.24) is 19.9 Å². The molecule has 0 amide bonds. The molecule has 114 valence electrons. The Balaban J connectivity index is 2.17. The summed E-state index contributed by atoms with van der Waals surface area (Å²) in [7, 11) is 4.08. The van der Waals surface area contributed by atoms with Gasteiger partial charge in [-0.25, -0.2) is 9.97 Å². The molecule has 0 spiro atoms. The third kappa shape index (κ3) is 3.82. The Bertz CT molecular complexity index is 563. The maximum atomic E-state index is 4.57. The quantitative estimate of drug-likeness (QED) is 0.850. The first-order valence-electron chi connectivity index (χ1n) is 7.49. The number of aromatic nitrogens is 3. The van der Waals surface area contributed by atoms with Crippen molar-refractivity contribution in [2.24, 2.45) is 7.05 Å². The number of hydrogen-bond donors (Lipinski definition) is 1. The van der Waals surface area contributed by atoms with Crippen molar-refractivity contribution < 1.29 is 0 Å². The number of pyridine rings is 1. The lowest BCUT2D eigenvalue weighted by molar-refractivity contribution is 0.567. The van der Waals surface area contributed by atoms with Gasteiger partial charge in [0.2, 0.25) is 0 Å². The third-order valence-corrected chi connectivity index (χ3v) is 3.65. The molecule has 0 aliphatic carbocycles. The highest BCUT2D eigenvalue weighted by Crippen LogP contribution is 2.23. The predicted molar refractivity (Wildman–Crippen MR) is 86.3 cm³/mol. The van der Waals surface area contributed by atoms with Crippen molar-refractivity contribution in [3.8, 4) is 0 Å². The summed E-state index contributed by atoms with van der Waals surface area (Å²) in [4.78, 5) is 11.1. The van der Waals surface area contributed by atoms with E-state index in [1.54, 1.807) is 0 Å². The van der Waals surface area contributed by atoms with Gasteiger partial charge in [0.25, 0.3) is 0 Å². The number of imidazole rings is 1. The zero-order chi connectivity index (χ0) is 15.2. The normalized spacial score (nSPS) is 12.4. The molecule has 0 fully saturated rings. The number of aryl methyl sites for hydroxylation is 1. The van der Waals surface area contributed by atoms with Gasteiger partial charge in [-0.2, -0.15) is 0 Å². The molecule has 2 rings (SSSR count). The zero-order valence-electron chi connectivity index (χ0n) is 13.4. The van der Waals surface area contributed by atoms with E-state index < -0.39 is 0 Å². The molecule has 5 heteroatoms. The van der Waals surface area contributed by atoms with Crippen LogP contribution in [0.5, 0.6) is 0 Å². The molecule has 0 aliphatic heterocycles. The summed E-state index contributed by atoms with van der Waals surface area (Å²) in [5.41, 5.74) is 1.22. The Morgan fingerprint density at radius 1 is 1.33 bits per heavy atom. The van der Waals surface area contributed by atoms with Crippen LogP contribution in [0, 0.1) is 0 Å². The molecule has 21 heavy (non-hydrogen) atoms. The minimum absolute atomic E-state index is 0.289. The van der Waals surface area contributed by atoms with Gasteiger partial charge in [-0.3, -0.25) is 0 Å². The maximum absolute atomic E-state index is 4.57. The molecule has 0 saturated carbocycles. The fourth-order valence-corrected chi connectivity index (χ4v) is 2.37. The largest absolute Gasteiger partial charge is 0.352 e. The standard InChI is InChI=1S/C16H25N5/c1-5-8-17-13(2)14-7-6-9-19-16(14)21(4)12-15-18-10-11-20(15)3/h6-7,9-11,13,17H,5,8,12H2,1-4H3. The summed E-state index contributed by atoms with van der Waals surface area (Å²) >= 11 is 0. The fraction of sp³-hybridized carbons (Fsp3) is 0.500. The van der Waals surface area contributed by atoms with Gasteiger partial charge < -0.3 is 14.8 Å². The fourth-order valence-electron chi connectivity index (χ4n) is 2.37. The van der Waals surface area contributed by atoms with Crippen molar-refractivity contribution in [2.75, 3.05) is 18.5 Å². The minimum atomic E-state index is 0.289. The first kappa shape index (κ1) is 15.5. The molecule has 0 radical (unpaired) electrons. The number of hydrogen-bond acceptors (Lipinski definition) is 4. The van der Waals surface area contributed by atoms with Crippen molar-refractivity contribution in [1.29, 1.82) is 0 Å². The molecule has 2 aromatic rings. The molecule has 0 saturated heterocycles. The summed E-state index contributed by atoms with van der Waals surface area (Å²) in [5.74, 6) is 2.04. The Morgan fingerprint density at radius 2 is 2.14 bits per heavy atom. The van der Waals surface area contributed by atoms with Crippen LogP contribution in [0.4, 0.5) is 5.82 Å². The molecule has 0 aromatic carbocycles. The van der Waals surface area contributed by atoms with Crippen molar-refractivity contribution in [3.05, 3.63) is 42.1 Å². The van der Waals surface area contributed by atoms with Crippen molar-refractivity contribution in [3.63, 3.8) is 0 Å². The summed E-state index contributed by atoms with van der Waals surface area (Å²) in [6.45, 7) is 6.12. The summed E-state index contributed by atoms with van der Waals surface area (Å²) in [6, 6.07) is 4.43. The zero-order valence-corrected chi connectivity index (χ0v) is 13.4. The van der Waals surface area contributed by atoms with Gasteiger partial charge in [0.15, 0.2) is 0 Å². The van der Waals surface area contributed by atoms with E-state index in [0.29, 0.717) is 0 Å². The van der Waals surface area contributed by atoms with E-state index in [1.165, 1.54) is 5.56 Å². The number of nitrogens with one attached hydrogen (secondary N) is 1. The molecule has 1 atom stereocenters. The van der Waals surface area contributed by atoms with E-state index in [9.17, 15) is 0 Å². The van der Waals surface area contributed by atoms with Crippen LogP contribution >= 0.6 is 0 Å². The average Bonchev–Trinajstić information content (AvgIpc) is 2.90. The van der Waals surface area contributed by atoms with Crippen LogP contribution in [-0.2, 0) is 13.6 Å². The lowest BCUT2D eigenvalue weighted by atomic mass is 10.1. The lowest BCUT2D eigenvalue weighted by Crippen LogP contribution is -2.25. The number of anilines is 1. The van der Waals surface area contributed by atoms with Crippen LogP contribution in [0.1, 0.15) is 37.7 Å².